The molecule has 0 aliphatic carbocycles. The van der Waals surface area contributed by atoms with Gasteiger partial charge < -0.3 is 0 Å². The van der Waals surface area contributed by atoms with Gasteiger partial charge in [-0.2, -0.15) is 0 Å². The molecule has 76 valence electrons. The largest absolute Gasteiger partial charge is 0.274 e. The van der Waals surface area contributed by atoms with Crippen molar-refractivity contribution in [3.8, 4) is 0 Å². The first-order valence-corrected chi connectivity index (χ1v) is 5.03. The van der Waals surface area contributed by atoms with Crippen LogP contribution in [0.5, 0.6) is 0 Å². The van der Waals surface area contributed by atoms with Crippen LogP contribution in [0, 0.1) is 10.5 Å². The van der Waals surface area contributed by atoms with E-state index in [1.807, 2.05) is 22.6 Å². The summed E-state index contributed by atoms with van der Waals surface area (Å²) in [4.78, 5) is 14.4. The second-order valence-corrected chi connectivity index (χ2v) is 4.07. The summed E-state index contributed by atoms with van der Waals surface area (Å²) < 4.78 is 25.7. The second-order valence-electron chi connectivity index (χ2n) is 2.57. The maximum absolute atomic E-state index is 12.6. The third-order valence-corrected chi connectivity index (χ3v) is 3.00. The van der Waals surface area contributed by atoms with Crippen LogP contribution >= 0.6 is 34.2 Å². The zero-order chi connectivity index (χ0) is 10.9. The van der Waals surface area contributed by atoms with Crippen LogP contribution in [0.2, 0.25) is 0 Å². The van der Waals surface area contributed by atoms with Gasteiger partial charge in [0.25, 0.3) is 11.7 Å². The van der Waals surface area contributed by atoms with E-state index < -0.39 is 11.7 Å². The average Bonchev–Trinajstić information content (AvgIpc) is 2.08. The lowest BCUT2D eigenvalue weighted by molar-refractivity contribution is 0.106. The Morgan fingerprint density at radius 2 is 2.21 bits per heavy atom. The lowest BCUT2D eigenvalue weighted by Crippen LogP contribution is -2.06. The third kappa shape index (κ3) is 2.20. The molecule has 0 aromatic carbocycles. The van der Waals surface area contributed by atoms with Crippen LogP contribution in [0.15, 0.2) is 6.20 Å². The minimum atomic E-state index is -2.74. The topological polar surface area (TPSA) is 30.0 Å². The summed E-state index contributed by atoms with van der Waals surface area (Å²) in [5, 5.41) is -0.959. The summed E-state index contributed by atoms with van der Waals surface area (Å²) in [5.74, 6) is 0. The first-order valence-electron chi connectivity index (χ1n) is 3.58. The highest BCUT2D eigenvalue weighted by Crippen LogP contribution is 2.28. The van der Waals surface area contributed by atoms with Crippen LogP contribution < -0.4 is 0 Å². The van der Waals surface area contributed by atoms with Crippen LogP contribution in [0.1, 0.15) is 28.0 Å². The third-order valence-electron chi connectivity index (χ3n) is 1.73. The van der Waals surface area contributed by atoms with Gasteiger partial charge in [0.05, 0.1) is 5.56 Å². The van der Waals surface area contributed by atoms with Crippen molar-refractivity contribution in [1.82, 2.24) is 4.98 Å². The SMILES string of the molecule is Cc1c(I)cnc(C(=O)Cl)c1C(F)F. The molecule has 0 atom stereocenters. The van der Waals surface area contributed by atoms with Gasteiger partial charge in [0.2, 0.25) is 0 Å². The smallest absolute Gasteiger partial charge is 0.271 e. The Hall–Kier alpha value is -0.300. The predicted octanol–water partition coefficient (Wildman–Crippen LogP) is 3.31. The number of carbonyl (C=O) groups is 1. The van der Waals surface area contributed by atoms with Crippen molar-refractivity contribution in [2.45, 2.75) is 13.3 Å². The van der Waals surface area contributed by atoms with Crippen molar-refractivity contribution in [2.24, 2.45) is 0 Å². The first kappa shape index (κ1) is 11.8. The van der Waals surface area contributed by atoms with Crippen molar-refractivity contribution in [3.63, 3.8) is 0 Å². The van der Waals surface area contributed by atoms with Gasteiger partial charge in [-0.3, -0.25) is 9.78 Å². The Bertz CT molecular complexity index is 384. The highest BCUT2D eigenvalue weighted by Gasteiger charge is 2.22. The molecule has 0 bridgehead atoms. The lowest BCUT2D eigenvalue weighted by atomic mass is 10.1. The molecule has 0 saturated heterocycles. The van der Waals surface area contributed by atoms with E-state index >= 15 is 0 Å². The van der Waals surface area contributed by atoms with Crippen LogP contribution in [0.3, 0.4) is 0 Å². The molecular formula is C8H5ClF2INO. The molecule has 0 unspecified atom stereocenters. The number of pyridine rings is 1. The number of hydrogen-bond donors (Lipinski definition) is 0. The van der Waals surface area contributed by atoms with Crippen LogP contribution in [-0.4, -0.2) is 10.2 Å². The Morgan fingerprint density at radius 3 is 2.64 bits per heavy atom. The monoisotopic (exact) mass is 331 g/mol. The van der Waals surface area contributed by atoms with Crippen LogP contribution in [0.25, 0.3) is 0 Å². The minimum absolute atomic E-state index is 0.347. The molecule has 1 rings (SSSR count). The van der Waals surface area contributed by atoms with Crippen molar-refractivity contribution in [1.29, 1.82) is 0 Å². The molecule has 6 heteroatoms. The van der Waals surface area contributed by atoms with Crippen LogP contribution in [0.4, 0.5) is 8.78 Å². The molecule has 0 aliphatic rings. The minimum Gasteiger partial charge on any atom is -0.274 e. The quantitative estimate of drug-likeness (QED) is 0.615. The van der Waals surface area contributed by atoms with Gasteiger partial charge in [0, 0.05) is 9.77 Å². The van der Waals surface area contributed by atoms with Crippen molar-refractivity contribution >= 4 is 39.4 Å². The summed E-state index contributed by atoms with van der Waals surface area (Å²) in [6.07, 6.45) is -1.40. The average molecular weight is 331 g/mol. The van der Waals surface area contributed by atoms with Gasteiger partial charge in [-0.15, -0.1) is 0 Å². The number of alkyl halides is 2. The standard InChI is InChI=1S/C8H5ClF2INO/c1-3-4(12)2-13-6(7(9)14)5(3)8(10)11/h2,8H,1H3. The zero-order valence-corrected chi connectivity index (χ0v) is 9.94. The Balaban J connectivity index is 3.45. The Labute approximate surface area is 97.8 Å². The number of halogens is 4. The Kier molecular flexibility index (Phi) is 3.77. The number of aromatic nitrogens is 1. The molecule has 0 saturated carbocycles. The van der Waals surface area contributed by atoms with Gasteiger partial charge in [-0.1, -0.05) is 0 Å². The molecule has 0 aliphatic heterocycles. The van der Waals surface area contributed by atoms with Crippen molar-refractivity contribution in [3.05, 3.63) is 26.6 Å². The molecule has 2 nitrogen and oxygen atoms in total. The highest BCUT2D eigenvalue weighted by atomic mass is 127. The summed E-state index contributed by atoms with van der Waals surface area (Å²) in [7, 11) is 0. The van der Waals surface area contributed by atoms with E-state index in [9.17, 15) is 13.6 Å². The normalized spacial score (nSPS) is 10.7. The lowest BCUT2D eigenvalue weighted by Gasteiger charge is -2.09. The number of hydrogen-bond acceptors (Lipinski definition) is 2. The van der Waals surface area contributed by atoms with E-state index in [2.05, 4.69) is 4.98 Å². The van der Waals surface area contributed by atoms with E-state index in [4.69, 9.17) is 11.6 Å². The van der Waals surface area contributed by atoms with E-state index in [0.29, 0.717) is 9.13 Å². The van der Waals surface area contributed by atoms with E-state index in [-0.39, 0.29) is 11.3 Å². The van der Waals surface area contributed by atoms with Gasteiger partial charge in [0.15, 0.2) is 0 Å². The molecule has 0 radical (unpaired) electrons. The van der Waals surface area contributed by atoms with Gasteiger partial charge >= 0.3 is 0 Å². The molecule has 0 fully saturated rings. The zero-order valence-electron chi connectivity index (χ0n) is 7.02. The maximum Gasteiger partial charge on any atom is 0.271 e. The highest BCUT2D eigenvalue weighted by molar-refractivity contribution is 14.1. The summed E-state index contributed by atoms with van der Waals surface area (Å²) >= 11 is 7.01. The molecule has 1 aromatic rings. The molecule has 0 spiro atoms. The molecular weight excluding hydrogens is 326 g/mol. The first-order chi connectivity index (χ1) is 6.45. The van der Waals surface area contributed by atoms with E-state index in [1.165, 1.54) is 13.1 Å². The van der Waals surface area contributed by atoms with Gasteiger partial charge in [-0.05, 0) is 46.7 Å². The fraction of sp³-hybridized carbons (Fsp3) is 0.250. The van der Waals surface area contributed by atoms with E-state index in [1.54, 1.807) is 0 Å². The maximum atomic E-state index is 12.6. The van der Waals surface area contributed by atoms with E-state index in [0.717, 1.165) is 0 Å². The van der Waals surface area contributed by atoms with Crippen LogP contribution in [-0.2, 0) is 0 Å². The summed E-state index contributed by atoms with van der Waals surface area (Å²) in [6, 6.07) is 0. The molecule has 0 N–H and O–H groups in total. The number of carbonyl (C=O) groups excluding carboxylic acids is 1. The molecule has 0 amide bonds. The Morgan fingerprint density at radius 1 is 1.64 bits per heavy atom. The molecule has 14 heavy (non-hydrogen) atoms. The number of nitrogens with zero attached hydrogens (tertiary/aromatic N) is 1. The van der Waals surface area contributed by atoms with Gasteiger partial charge in [0.1, 0.15) is 5.69 Å². The fourth-order valence-electron chi connectivity index (χ4n) is 1.02. The molecule has 1 heterocycles. The van der Waals surface area contributed by atoms with Crippen molar-refractivity contribution in [2.75, 3.05) is 0 Å². The van der Waals surface area contributed by atoms with Gasteiger partial charge in [-0.25, -0.2) is 8.78 Å². The predicted molar refractivity (Wildman–Crippen MR) is 56.8 cm³/mol. The number of rotatable bonds is 2. The molecule has 1 aromatic heterocycles. The van der Waals surface area contributed by atoms with Crippen molar-refractivity contribution < 1.29 is 13.6 Å². The second kappa shape index (κ2) is 4.48. The summed E-state index contributed by atoms with van der Waals surface area (Å²) in [5.41, 5.74) is -0.393. The fourth-order valence-corrected chi connectivity index (χ4v) is 1.60. The summed E-state index contributed by atoms with van der Waals surface area (Å²) in [6.45, 7) is 1.51.